The van der Waals surface area contributed by atoms with Crippen LogP contribution in [-0.4, -0.2) is 9.55 Å². The third-order valence-electron chi connectivity index (χ3n) is 3.03. The minimum atomic E-state index is -0.00365. The molecule has 0 spiro atoms. The van der Waals surface area contributed by atoms with Gasteiger partial charge in [-0.25, -0.2) is 4.98 Å². The Kier molecular flexibility index (Phi) is 3.65. The first-order valence-corrected chi connectivity index (χ1v) is 6.32. The fourth-order valence-corrected chi connectivity index (χ4v) is 2.01. The molecule has 1 aromatic heterocycles. The van der Waals surface area contributed by atoms with E-state index in [0.717, 1.165) is 19.4 Å². The summed E-state index contributed by atoms with van der Waals surface area (Å²) in [5, 5.41) is 0.599. The van der Waals surface area contributed by atoms with Crippen LogP contribution in [0.5, 0.6) is 0 Å². The summed E-state index contributed by atoms with van der Waals surface area (Å²) in [6, 6.07) is 5.24. The third kappa shape index (κ3) is 2.70. The van der Waals surface area contributed by atoms with Crippen molar-refractivity contribution in [1.82, 2.24) is 9.55 Å². The zero-order valence-corrected chi connectivity index (χ0v) is 10.9. The highest BCUT2D eigenvalue weighted by Crippen LogP contribution is 2.11. The molecule has 4 heteroatoms. The van der Waals surface area contributed by atoms with Crippen molar-refractivity contribution in [2.24, 2.45) is 5.92 Å². The molecular weight excluding hydrogens is 226 g/mol. The highest BCUT2D eigenvalue weighted by atomic mass is 16.1. The van der Waals surface area contributed by atoms with E-state index < -0.39 is 0 Å². The fraction of sp³-hybridized carbons (Fsp3) is 0.429. The second-order valence-electron chi connectivity index (χ2n) is 5.06. The van der Waals surface area contributed by atoms with Gasteiger partial charge in [0.25, 0.3) is 5.56 Å². The molecule has 2 N–H and O–H groups in total. The van der Waals surface area contributed by atoms with Gasteiger partial charge in [0.1, 0.15) is 0 Å². The second kappa shape index (κ2) is 5.21. The number of nitrogens with two attached hydrogens (primary N) is 1. The summed E-state index contributed by atoms with van der Waals surface area (Å²) in [6.07, 6.45) is 3.73. The maximum Gasteiger partial charge on any atom is 0.261 e. The SMILES string of the molecule is CC(C)CCCn1cnc2ccc(N)cc2c1=O. The molecule has 2 rings (SSSR count). The zero-order chi connectivity index (χ0) is 13.1. The standard InChI is InChI=1S/C14H19N3O/c1-10(2)4-3-7-17-9-16-13-6-5-11(15)8-12(13)14(17)18/h5-6,8-10H,3-4,7,15H2,1-2H3. The molecular formula is C14H19N3O. The lowest BCUT2D eigenvalue weighted by Gasteiger charge is -2.08. The van der Waals surface area contributed by atoms with Gasteiger partial charge in [-0.3, -0.25) is 9.36 Å². The first kappa shape index (κ1) is 12.6. The molecule has 18 heavy (non-hydrogen) atoms. The first-order valence-electron chi connectivity index (χ1n) is 6.32. The molecule has 0 saturated heterocycles. The largest absolute Gasteiger partial charge is 0.399 e. The number of nitrogens with zero attached hydrogens (tertiary/aromatic N) is 2. The number of hydrogen-bond acceptors (Lipinski definition) is 3. The van der Waals surface area contributed by atoms with Crippen LogP contribution in [0.15, 0.2) is 29.3 Å². The Balaban J connectivity index is 2.30. The molecule has 0 aliphatic rings. The molecule has 0 fully saturated rings. The van der Waals surface area contributed by atoms with Crippen LogP contribution < -0.4 is 11.3 Å². The van der Waals surface area contributed by atoms with Crippen molar-refractivity contribution in [2.45, 2.75) is 33.2 Å². The Morgan fingerprint density at radius 1 is 1.39 bits per heavy atom. The van der Waals surface area contributed by atoms with E-state index in [-0.39, 0.29) is 5.56 Å². The molecule has 4 nitrogen and oxygen atoms in total. The third-order valence-corrected chi connectivity index (χ3v) is 3.03. The predicted octanol–water partition coefficient (Wildman–Crippen LogP) is 2.41. The van der Waals surface area contributed by atoms with Gasteiger partial charge in [0.15, 0.2) is 0 Å². The molecule has 96 valence electrons. The minimum absolute atomic E-state index is 0.00365. The normalized spacial score (nSPS) is 11.3. The number of rotatable bonds is 4. The molecule has 2 aromatic rings. The number of anilines is 1. The maximum absolute atomic E-state index is 12.2. The number of fused-ring (bicyclic) bond motifs is 1. The molecule has 0 unspecified atom stereocenters. The summed E-state index contributed by atoms with van der Waals surface area (Å²) in [4.78, 5) is 16.5. The van der Waals surface area contributed by atoms with Gasteiger partial charge in [0.2, 0.25) is 0 Å². The molecule has 0 aliphatic carbocycles. The Morgan fingerprint density at radius 3 is 2.89 bits per heavy atom. The van der Waals surface area contributed by atoms with Crippen molar-refractivity contribution in [2.75, 3.05) is 5.73 Å². The fourth-order valence-electron chi connectivity index (χ4n) is 2.01. The van der Waals surface area contributed by atoms with Crippen LogP contribution in [0.3, 0.4) is 0 Å². The summed E-state index contributed by atoms with van der Waals surface area (Å²) in [5.74, 6) is 0.657. The van der Waals surface area contributed by atoms with Gasteiger partial charge in [-0.05, 0) is 37.0 Å². The summed E-state index contributed by atoms with van der Waals surface area (Å²) in [6.45, 7) is 5.08. The van der Waals surface area contributed by atoms with Crippen molar-refractivity contribution >= 4 is 16.6 Å². The van der Waals surface area contributed by atoms with Gasteiger partial charge in [0.05, 0.1) is 17.2 Å². The number of benzene rings is 1. The molecule has 0 saturated carbocycles. The molecule has 0 atom stereocenters. The quantitative estimate of drug-likeness (QED) is 0.841. The summed E-state index contributed by atoms with van der Waals surface area (Å²) < 4.78 is 1.67. The van der Waals surface area contributed by atoms with E-state index in [4.69, 9.17) is 5.73 Å². The Hall–Kier alpha value is -1.84. The smallest absolute Gasteiger partial charge is 0.261 e. The topological polar surface area (TPSA) is 60.9 Å². The molecule has 1 aromatic carbocycles. The number of hydrogen-bond donors (Lipinski definition) is 1. The van der Waals surface area contributed by atoms with Gasteiger partial charge in [-0.2, -0.15) is 0 Å². The average molecular weight is 245 g/mol. The molecule has 0 amide bonds. The van der Waals surface area contributed by atoms with Crippen LogP contribution in [0.4, 0.5) is 5.69 Å². The minimum Gasteiger partial charge on any atom is -0.399 e. The van der Waals surface area contributed by atoms with Crippen molar-refractivity contribution < 1.29 is 0 Å². The van der Waals surface area contributed by atoms with E-state index in [0.29, 0.717) is 22.5 Å². The van der Waals surface area contributed by atoms with Crippen LogP contribution in [0.1, 0.15) is 26.7 Å². The zero-order valence-electron chi connectivity index (χ0n) is 10.9. The van der Waals surface area contributed by atoms with Crippen LogP contribution in [-0.2, 0) is 6.54 Å². The second-order valence-corrected chi connectivity index (χ2v) is 5.06. The lowest BCUT2D eigenvalue weighted by molar-refractivity contribution is 0.504. The summed E-state index contributed by atoms with van der Waals surface area (Å²) in [5.41, 5.74) is 7.00. The van der Waals surface area contributed by atoms with Crippen molar-refractivity contribution in [1.29, 1.82) is 0 Å². The Morgan fingerprint density at radius 2 is 2.17 bits per heavy atom. The number of aryl methyl sites for hydroxylation is 1. The number of nitrogen functional groups attached to an aromatic ring is 1. The van der Waals surface area contributed by atoms with Crippen LogP contribution >= 0.6 is 0 Å². The van der Waals surface area contributed by atoms with Gasteiger partial charge < -0.3 is 5.73 Å². The monoisotopic (exact) mass is 245 g/mol. The van der Waals surface area contributed by atoms with E-state index in [2.05, 4.69) is 18.8 Å². The van der Waals surface area contributed by atoms with E-state index in [9.17, 15) is 4.79 Å². The Bertz CT molecular complexity index is 602. The van der Waals surface area contributed by atoms with E-state index in [1.165, 1.54) is 0 Å². The van der Waals surface area contributed by atoms with Gasteiger partial charge in [0, 0.05) is 12.2 Å². The van der Waals surface area contributed by atoms with Crippen LogP contribution in [0.2, 0.25) is 0 Å². The van der Waals surface area contributed by atoms with E-state index in [1.54, 1.807) is 29.1 Å². The van der Waals surface area contributed by atoms with Gasteiger partial charge in [-0.15, -0.1) is 0 Å². The van der Waals surface area contributed by atoms with E-state index in [1.807, 2.05) is 0 Å². The van der Waals surface area contributed by atoms with E-state index >= 15 is 0 Å². The summed E-state index contributed by atoms with van der Waals surface area (Å²) in [7, 11) is 0. The first-order chi connectivity index (χ1) is 8.58. The molecule has 1 heterocycles. The Labute approximate surface area is 106 Å². The van der Waals surface area contributed by atoms with Gasteiger partial charge >= 0.3 is 0 Å². The molecule has 0 bridgehead atoms. The predicted molar refractivity (Wildman–Crippen MR) is 74.5 cm³/mol. The van der Waals surface area contributed by atoms with Crippen molar-refractivity contribution in [3.05, 3.63) is 34.9 Å². The van der Waals surface area contributed by atoms with Crippen LogP contribution in [0, 0.1) is 5.92 Å². The van der Waals surface area contributed by atoms with Crippen LogP contribution in [0.25, 0.3) is 10.9 Å². The highest BCUT2D eigenvalue weighted by molar-refractivity contribution is 5.80. The maximum atomic E-state index is 12.2. The summed E-state index contributed by atoms with van der Waals surface area (Å²) >= 11 is 0. The molecule has 0 radical (unpaired) electrons. The highest BCUT2D eigenvalue weighted by Gasteiger charge is 2.04. The lowest BCUT2D eigenvalue weighted by Crippen LogP contribution is -2.21. The lowest BCUT2D eigenvalue weighted by atomic mass is 10.1. The van der Waals surface area contributed by atoms with Gasteiger partial charge in [-0.1, -0.05) is 13.8 Å². The average Bonchev–Trinajstić information content (AvgIpc) is 2.32. The molecule has 0 aliphatic heterocycles. The van der Waals surface area contributed by atoms with Crippen molar-refractivity contribution in [3.8, 4) is 0 Å². The van der Waals surface area contributed by atoms with Crippen molar-refractivity contribution in [3.63, 3.8) is 0 Å². The number of aromatic nitrogens is 2.